The Morgan fingerprint density at radius 1 is 0.794 bits per heavy atom. The van der Waals surface area contributed by atoms with Crippen LogP contribution >= 0.6 is 0 Å². The summed E-state index contributed by atoms with van der Waals surface area (Å²) < 4.78 is 24.2. The zero-order valence-corrected chi connectivity index (χ0v) is 19.1. The van der Waals surface area contributed by atoms with E-state index in [4.69, 9.17) is 9.47 Å². The standard InChI is InChI=1S/C27H25FN2O4/c1-16(17-7-5-4-6-8-17)29-23(18-9-12-20(28)13-10-18)19-11-14-22(33-2)21(15-19)30-24-25(31)26(32)27(24)34-3/h4-16,23,29-30H,1-3H3/t16-,23?/m0/s1. The molecule has 7 heteroatoms. The van der Waals surface area contributed by atoms with Gasteiger partial charge in [0, 0.05) is 6.04 Å². The molecular weight excluding hydrogens is 435 g/mol. The highest BCUT2D eigenvalue weighted by Crippen LogP contribution is 2.35. The molecule has 4 aromatic carbocycles. The number of benzene rings is 3. The number of hydrogen-bond acceptors (Lipinski definition) is 6. The third-order valence-corrected chi connectivity index (χ3v) is 5.81. The molecule has 174 valence electrons. The first-order chi connectivity index (χ1) is 16.4. The third kappa shape index (κ3) is 4.56. The number of hydrogen-bond donors (Lipinski definition) is 2. The topological polar surface area (TPSA) is 76.7 Å². The van der Waals surface area contributed by atoms with E-state index in [-0.39, 0.29) is 29.3 Å². The number of halogens is 1. The minimum atomic E-state index is -0.664. The summed E-state index contributed by atoms with van der Waals surface area (Å²) in [5.41, 5.74) is 2.12. The molecule has 0 heterocycles. The van der Waals surface area contributed by atoms with E-state index >= 15 is 0 Å². The predicted molar refractivity (Wildman–Crippen MR) is 130 cm³/mol. The fourth-order valence-electron chi connectivity index (χ4n) is 3.94. The van der Waals surface area contributed by atoms with Gasteiger partial charge in [0.1, 0.15) is 17.3 Å². The van der Waals surface area contributed by atoms with Crippen molar-refractivity contribution in [2.24, 2.45) is 0 Å². The van der Waals surface area contributed by atoms with E-state index < -0.39 is 10.9 Å². The van der Waals surface area contributed by atoms with Crippen LogP contribution in [0.4, 0.5) is 15.8 Å². The fraction of sp³-hybridized carbons (Fsp3) is 0.185. The zero-order chi connectivity index (χ0) is 24.2. The van der Waals surface area contributed by atoms with Crippen molar-refractivity contribution in [3.05, 3.63) is 116 Å². The maximum absolute atomic E-state index is 13.6. The van der Waals surface area contributed by atoms with E-state index in [1.807, 2.05) is 42.5 Å². The maximum Gasteiger partial charge on any atom is 0.272 e. The van der Waals surface area contributed by atoms with E-state index in [2.05, 4.69) is 17.6 Å². The first-order valence-corrected chi connectivity index (χ1v) is 10.8. The van der Waals surface area contributed by atoms with Gasteiger partial charge in [-0.1, -0.05) is 48.5 Å². The van der Waals surface area contributed by atoms with Crippen LogP contribution in [0.1, 0.15) is 35.7 Å². The second-order valence-corrected chi connectivity index (χ2v) is 7.93. The van der Waals surface area contributed by atoms with Crippen molar-refractivity contribution >= 4 is 11.4 Å². The Hall–Kier alpha value is -3.97. The minimum Gasteiger partial charge on any atom is -0.495 e. The Kier molecular flexibility index (Phi) is 6.75. The Morgan fingerprint density at radius 3 is 2.12 bits per heavy atom. The molecule has 4 rings (SSSR count). The summed E-state index contributed by atoms with van der Waals surface area (Å²) in [5.74, 6) is 0.166. The minimum absolute atomic E-state index is 0.0107. The van der Waals surface area contributed by atoms with Gasteiger partial charge in [0.2, 0.25) is 0 Å². The van der Waals surface area contributed by atoms with E-state index in [0.717, 1.165) is 16.7 Å². The first-order valence-electron chi connectivity index (χ1n) is 10.8. The molecule has 2 N–H and O–H groups in total. The molecule has 0 radical (unpaired) electrons. The van der Waals surface area contributed by atoms with Crippen LogP contribution in [0.25, 0.3) is 0 Å². The Morgan fingerprint density at radius 2 is 1.47 bits per heavy atom. The van der Waals surface area contributed by atoms with Gasteiger partial charge in [0.25, 0.3) is 10.9 Å². The summed E-state index contributed by atoms with van der Waals surface area (Å²) in [4.78, 5) is 23.8. The predicted octanol–water partition coefficient (Wildman–Crippen LogP) is 4.62. The van der Waals surface area contributed by atoms with Gasteiger partial charge >= 0.3 is 0 Å². The van der Waals surface area contributed by atoms with E-state index in [9.17, 15) is 14.0 Å². The van der Waals surface area contributed by atoms with Gasteiger partial charge in [-0.05, 0) is 47.9 Å². The highest BCUT2D eigenvalue weighted by Gasteiger charge is 2.24. The first kappa shape index (κ1) is 23.2. The fourth-order valence-corrected chi connectivity index (χ4v) is 3.94. The molecule has 0 saturated heterocycles. The molecule has 0 amide bonds. The number of nitrogens with one attached hydrogen (secondary N) is 2. The number of rotatable bonds is 9. The zero-order valence-electron chi connectivity index (χ0n) is 19.1. The second kappa shape index (κ2) is 9.89. The molecule has 0 bridgehead atoms. The average Bonchev–Trinajstić information content (AvgIpc) is 2.87. The van der Waals surface area contributed by atoms with Crippen molar-refractivity contribution in [2.75, 3.05) is 19.5 Å². The number of methoxy groups -OCH3 is 2. The van der Waals surface area contributed by atoms with Gasteiger partial charge in [-0.15, -0.1) is 0 Å². The molecule has 4 aromatic rings. The van der Waals surface area contributed by atoms with Crippen LogP contribution in [0.5, 0.6) is 11.5 Å². The monoisotopic (exact) mass is 460 g/mol. The molecule has 2 atom stereocenters. The van der Waals surface area contributed by atoms with Gasteiger partial charge in [-0.2, -0.15) is 0 Å². The lowest BCUT2D eigenvalue weighted by Gasteiger charge is -2.26. The Balaban J connectivity index is 1.74. The van der Waals surface area contributed by atoms with Crippen molar-refractivity contribution in [3.8, 4) is 11.5 Å². The van der Waals surface area contributed by atoms with Crippen molar-refractivity contribution in [1.82, 2.24) is 5.32 Å². The third-order valence-electron chi connectivity index (χ3n) is 5.81. The summed E-state index contributed by atoms with van der Waals surface area (Å²) in [6.45, 7) is 2.06. The highest BCUT2D eigenvalue weighted by molar-refractivity contribution is 5.74. The summed E-state index contributed by atoms with van der Waals surface area (Å²) in [7, 11) is 2.86. The molecule has 1 unspecified atom stereocenters. The van der Waals surface area contributed by atoms with Crippen LogP contribution in [0.3, 0.4) is 0 Å². The smallest absolute Gasteiger partial charge is 0.272 e. The van der Waals surface area contributed by atoms with Crippen LogP contribution in [-0.4, -0.2) is 14.2 Å². The Bertz CT molecular complexity index is 1350. The van der Waals surface area contributed by atoms with E-state index in [0.29, 0.717) is 11.4 Å². The quantitative estimate of drug-likeness (QED) is 0.355. The molecule has 0 aliphatic rings. The Labute approximate surface area is 196 Å². The summed E-state index contributed by atoms with van der Waals surface area (Å²) in [5, 5.41) is 6.61. The molecule has 34 heavy (non-hydrogen) atoms. The van der Waals surface area contributed by atoms with Crippen molar-refractivity contribution in [2.45, 2.75) is 19.0 Å². The number of ether oxygens (including phenoxy) is 2. The lowest BCUT2D eigenvalue weighted by molar-refractivity contribution is 0.407. The van der Waals surface area contributed by atoms with Crippen LogP contribution < -0.4 is 31.0 Å². The average molecular weight is 461 g/mol. The van der Waals surface area contributed by atoms with Crippen LogP contribution in [0.2, 0.25) is 0 Å². The molecule has 0 saturated carbocycles. The lowest BCUT2D eigenvalue weighted by Crippen LogP contribution is -2.34. The number of anilines is 2. The maximum atomic E-state index is 13.6. The second-order valence-electron chi connectivity index (χ2n) is 7.93. The normalized spacial score (nSPS) is 12.8. The largest absolute Gasteiger partial charge is 0.495 e. The summed E-state index contributed by atoms with van der Waals surface area (Å²) in [6.07, 6.45) is 0. The van der Waals surface area contributed by atoms with Crippen LogP contribution in [0.15, 0.2) is 82.4 Å². The van der Waals surface area contributed by atoms with Gasteiger partial charge in [0.15, 0.2) is 5.75 Å². The van der Waals surface area contributed by atoms with Gasteiger partial charge in [-0.25, -0.2) is 4.39 Å². The summed E-state index contributed by atoms with van der Waals surface area (Å²) >= 11 is 0. The molecule has 0 spiro atoms. The molecule has 6 nitrogen and oxygen atoms in total. The molecular formula is C27H25FN2O4. The lowest BCUT2D eigenvalue weighted by atomic mass is 9.96. The van der Waals surface area contributed by atoms with Crippen molar-refractivity contribution in [1.29, 1.82) is 0 Å². The summed E-state index contributed by atoms with van der Waals surface area (Å²) in [6, 6.07) is 21.5. The van der Waals surface area contributed by atoms with Crippen molar-refractivity contribution < 1.29 is 13.9 Å². The van der Waals surface area contributed by atoms with E-state index in [1.165, 1.54) is 26.4 Å². The SMILES string of the molecule is COc1ccc(C(N[C@@H](C)c2ccccc2)c2ccc(F)cc2)cc1Nc1c(OC)c(=O)c1=O. The van der Waals surface area contributed by atoms with E-state index in [1.54, 1.807) is 18.2 Å². The molecule has 0 aromatic heterocycles. The van der Waals surface area contributed by atoms with Gasteiger partial charge in [-0.3, -0.25) is 14.9 Å². The van der Waals surface area contributed by atoms with Crippen LogP contribution in [0, 0.1) is 5.82 Å². The molecule has 0 aliphatic carbocycles. The highest BCUT2D eigenvalue weighted by atomic mass is 19.1. The van der Waals surface area contributed by atoms with Gasteiger partial charge < -0.3 is 14.8 Å². The van der Waals surface area contributed by atoms with Gasteiger partial charge in [0.05, 0.1) is 25.9 Å². The van der Waals surface area contributed by atoms with Crippen LogP contribution in [-0.2, 0) is 0 Å². The van der Waals surface area contributed by atoms with Crippen molar-refractivity contribution in [3.63, 3.8) is 0 Å². The molecule has 0 fully saturated rings. The molecule has 0 aliphatic heterocycles.